The molecule has 0 unspecified atom stereocenters. The smallest absolute Gasteiger partial charge is 0.0314 e. The molecular formula is C14H25N3. The zero-order valence-electron chi connectivity index (χ0n) is 11.5. The number of nitrogens with two attached hydrogens (primary N) is 1. The van der Waals surface area contributed by atoms with Crippen molar-refractivity contribution in [3.05, 3.63) is 29.8 Å². The molecule has 3 nitrogen and oxygen atoms in total. The summed E-state index contributed by atoms with van der Waals surface area (Å²) in [6, 6.07) is 8.73. The molecule has 0 aromatic heterocycles. The zero-order valence-corrected chi connectivity index (χ0v) is 11.5. The minimum atomic E-state index is 0.563. The van der Waals surface area contributed by atoms with Crippen molar-refractivity contribution in [3.8, 4) is 0 Å². The molecule has 0 saturated carbocycles. The molecule has 0 radical (unpaired) electrons. The Balaban J connectivity index is 2.57. The van der Waals surface area contributed by atoms with Gasteiger partial charge in [0.15, 0.2) is 0 Å². The largest absolute Gasteiger partial charge is 0.399 e. The molecule has 0 aliphatic carbocycles. The summed E-state index contributed by atoms with van der Waals surface area (Å²) in [5, 5.41) is 0. The minimum Gasteiger partial charge on any atom is -0.399 e. The summed E-state index contributed by atoms with van der Waals surface area (Å²) in [5.41, 5.74) is 7.85. The lowest BCUT2D eigenvalue weighted by Crippen LogP contribution is -2.36. The van der Waals surface area contributed by atoms with E-state index in [2.05, 4.69) is 49.9 Å². The third-order valence-electron chi connectivity index (χ3n) is 2.93. The van der Waals surface area contributed by atoms with E-state index in [0.29, 0.717) is 6.04 Å². The van der Waals surface area contributed by atoms with E-state index in [1.54, 1.807) is 0 Å². The highest BCUT2D eigenvalue weighted by molar-refractivity contribution is 5.39. The Morgan fingerprint density at radius 3 is 2.12 bits per heavy atom. The topological polar surface area (TPSA) is 32.5 Å². The quantitative estimate of drug-likeness (QED) is 0.766. The number of anilines is 1. The predicted octanol–water partition coefficient (Wildman–Crippen LogP) is 2.04. The van der Waals surface area contributed by atoms with Crippen LogP contribution in [-0.2, 0) is 6.54 Å². The van der Waals surface area contributed by atoms with Gasteiger partial charge in [0.25, 0.3) is 0 Å². The van der Waals surface area contributed by atoms with Gasteiger partial charge >= 0.3 is 0 Å². The van der Waals surface area contributed by atoms with Gasteiger partial charge in [0.2, 0.25) is 0 Å². The fourth-order valence-corrected chi connectivity index (χ4v) is 1.71. The molecule has 0 aliphatic heterocycles. The Morgan fingerprint density at radius 2 is 1.65 bits per heavy atom. The second-order valence-corrected chi connectivity index (χ2v) is 5.11. The molecule has 0 spiro atoms. The highest BCUT2D eigenvalue weighted by Gasteiger charge is 2.10. The SMILES string of the molecule is CC(C)N(CCN(C)C)Cc1ccc(N)cc1. The van der Waals surface area contributed by atoms with E-state index in [-0.39, 0.29) is 0 Å². The average Bonchev–Trinajstić information content (AvgIpc) is 2.26. The Morgan fingerprint density at radius 1 is 1.06 bits per heavy atom. The molecule has 0 aliphatic rings. The first-order valence-corrected chi connectivity index (χ1v) is 6.22. The van der Waals surface area contributed by atoms with Crippen LogP contribution in [0, 0.1) is 0 Å². The summed E-state index contributed by atoms with van der Waals surface area (Å²) in [7, 11) is 4.23. The number of benzene rings is 1. The van der Waals surface area contributed by atoms with Crippen LogP contribution in [0.3, 0.4) is 0 Å². The lowest BCUT2D eigenvalue weighted by atomic mass is 10.1. The van der Waals surface area contributed by atoms with Gasteiger partial charge in [-0.1, -0.05) is 12.1 Å². The number of rotatable bonds is 6. The molecule has 1 rings (SSSR count). The van der Waals surface area contributed by atoms with Crippen molar-refractivity contribution < 1.29 is 0 Å². The first-order chi connectivity index (χ1) is 7.99. The van der Waals surface area contributed by atoms with Crippen LogP contribution >= 0.6 is 0 Å². The molecule has 0 atom stereocenters. The van der Waals surface area contributed by atoms with Gasteiger partial charge in [-0.3, -0.25) is 4.90 Å². The van der Waals surface area contributed by atoms with Gasteiger partial charge in [-0.25, -0.2) is 0 Å². The molecule has 2 N–H and O–H groups in total. The highest BCUT2D eigenvalue weighted by Crippen LogP contribution is 2.10. The van der Waals surface area contributed by atoms with E-state index < -0.39 is 0 Å². The van der Waals surface area contributed by atoms with Crippen LogP contribution in [0.2, 0.25) is 0 Å². The van der Waals surface area contributed by atoms with Crippen molar-refractivity contribution in [2.75, 3.05) is 32.9 Å². The minimum absolute atomic E-state index is 0.563. The standard InChI is InChI=1S/C14H25N3/c1-12(2)17(10-9-16(3)4)11-13-5-7-14(15)8-6-13/h5-8,12H,9-11,15H2,1-4H3. The maximum Gasteiger partial charge on any atom is 0.0314 e. The van der Waals surface area contributed by atoms with Gasteiger partial charge in [0.05, 0.1) is 0 Å². The molecular weight excluding hydrogens is 210 g/mol. The van der Waals surface area contributed by atoms with Crippen LogP contribution in [0.15, 0.2) is 24.3 Å². The normalized spacial score (nSPS) is 11.7. The lowest BCUT2D eigenvalue weighted by Gasteiger charge is -2.27. The maximum absolute atomic E-state index is 5.70. The Bertz CT molecular complexity index is 317. The number of nitrogen functional groups attached to an aromatic ring is 1. The third-order valence-corrected chi connectivity index (χ3v) is 2.93. The monoisotopic (exact) mass is 235 g/mol. The zero-order chi connectivity index (χ0) is 12.8. The van der Waals surface area contributed by atoms with Crippen molar-refractivity contribution in [3.63, 3.8) is 0 Å². The van der Waals surface area contributed by atoms with E-state index in [1.807, 2.05) is 12.1 Å². The van der Waals surface area contributed by atoms with Crippen LogP contribution in [0.1, 0.15) is 19.4 Å². The molecule has 0 amide bonds. The van der Waals surface area contributed by atoms with E-state index in [1.165, 1.54) is 5.56 Å². The van der Waals surface area contributed by atoms with Crippen LogP contribution < -0.4 is 5.73 Å². The fraction of sp³-hybridized carbons (Fsp3) is 0.571. The summed E-state index contributed by atoms with van der Waals surface area (Å²) >= 11 is 0. The molecule has 1 aromatic rings. The number of nitrogens with zero attached hydrogens (tertiary/aromatic N) is 2. The molecule has 1 aromatic carbocycles. The average molecular weight is 235 g/mol. The summed E-state index contributed by atoms with van der Waals surface area (Å²) in [6.45, 7) is 7.66. The van der Waals surface area contributed by atoms with Gasteiger partial charge in [-0.15, -0.1) is 0 Å². The Hall–Kier alpha value is -1.06. The first-order valence-electron chi connectivity index (χ1n) is 6.22. The molecule has 0 saturated heterocycles. The van der Waals surface area contributed by atoms with Gasteiger partial charge in [0.1, 0.15) is 0 Å². The van der Waals surface area contributed by atoms with Gasteiger partial charge in [0, 0.05) is 31.4 Å². The summed E-state index contributed by atoms with van der Waals surface area (Å²) in [5.74, 6) is 0. The van der Waals surface area contributed by atoms with Crippen LogP contribution in [0.25, 0.3) is 0 Å². The molecule has 96 valence electrons. The molecule has 17 heavy (non-hydrogen) atoms. The Kier molecular flexibility index (Phi) is 5.45. The van der Waals surface area contributed by atoms with Crippen molar-refractivity contribution in [2.45, 2.75) is 26.4 Å². The molecule has 3 heteroatoms. The molecule has 0 heterocycles. The summed E-state index contributed by atoms with van der Waals surface area (Å²) in [4.78, 5) is 4.70. The second-order valence-electron chi connectivity index (χ2n) is 5.11. The number of hydrogen-bond donors (Lipinski definition) is 1. The van der Waals surface area contributed by atoms with Crippen molar-refractivity contribution in [1.82, 2.24) is 9.80 Å². The van der Waals surface area contributed by atoms with Gasteiger partial charge < -0.3 is 10.6 Å². The van der Waals surface area contributed by atoms with E-state index in [0.717, 1.165) is 25.3 Å². The van der Waals surface area contributed by atoms with E-state index in [9.17, 15) is 0 Å². The van der Waals surface area contributed by atoms with Gasteiger partial charge in [-0.2, -0.15) is 0 Å². The van der Waals surface area contributed by atoms with Crippen molar-refractivity contribution >= 4 is 5.69 Å². The maximum atomic E-state index is 5.70. The summed E-state index contributed by atoms with van der Waals surface area (Å²) in [6.07, 6.45) is 0. The van der Waals surface area contributed by atoms with Crippen molar-refractivity contribution in [1.29, 1.82) is 0 Å². The third kappa shape index (κ3) is 5.20. The van der Waals surface area contributed by atoms with E-state index >= 15 is 0 Å². The molecule has 0 bridgehead atoms. The van der Waals surface area contributed by atoms with Crippen LogP contribution in [0.5, 0.6) is 0 Å². The number of likely N-dealkylation sites (N-methyl/N-ethyl adjacent to an activating group) is 1. The predicted molar refractivity (Wildman–Crippen MR) is 75.0 cm³/mol. The molecule has 0 fully saturated rings. The van der Waals surface area contributed by atoms with E-state index in [4.69, 9.17) is 5.73 Å². The van der Waals surface area contributed by atoms with Gasteiger partial charge in [-0.05, 0) is 45.6 Å². The Labute approximate surface area is 105 Å². The summed E-state index contributed by atoms with van der Waals surface area (Å²) < 4.78 is 0. The van der Waals surface area contributed by atoms with Crippen LogP contribution in [0.4, 0.5) is 5.69 Å². The van der Waals surface area contributed by atoms with Crippen molar-refractivity contribution in [2.24, 2.45) is 0 Å². The number of hydrogen-bond acceptors (Lipinski definition) is 3. The first kappa shape index (κ1) is 14.0. The van der Waals surface area contributed by atoms with Crippen LogP contribution in [-0.4, -0.2) is 43.0 Å². The lowest BCUT2D eigenvalue weighted by molar-refractivity contribution is 0.191. The fourth-order valence-electron chi connectivity index (χ4n) is 1.71. The second kappa shape index (κ2) is 6.62. The highest BCUT2D eigenvalue weighted by atomic mass is 15.2.